The summed E-state index contributed by atoms with van der Waals surface area (Å²) in [5.41, 5.74) is 2.98. The monoisotopic (exact) mass is 371 g/mol. The Morgan fingerprint density at radius 3 is 2.85 bits per heavy atom. The second-order valence-electron chi connectivity index (χ2n) is 6.24. The number of fused-ring (bicyclic) bond motifs is 1. The molecule has 2 aromatic rings. The van der Waals surface area contributed by atoms with Crippen LogP contribution >= 0.6 is 11.6 Å². The average Bonchev–Trinajstić information content (AvgIpc) is 2.98. The second-order valence-corrected chi connectivity index (χ2v) is 6.67. The number of rotatable bonds is 6. The van der Waals surface area contributed by atoms with Gasteiger partial charge in [-0.2, -0.15) is 0 Å². The van der Waals surface area contributed by atoms with Gasteiger partial charge >= 0.3 is 0 Å². The lowest BCUT2D eigenvalue weighted by molar-refractivity contribution is -0.116. The minimum Gasteiger partial charge on any atom is -0.494 e. The highest BCUT2D eigenvalue weighted by atomic mass is 35.5. The Kier molecular flexibility index (Phi) is 5.84. The molecule has 0 spiro atoms. The lowest BCUT2D eigenvalue weighted by Crippen LogP contribution is -2.20. The van der Waals surface area contributed by atoms with Crippen LogP contribution in [0.4, 0.5) is 0 Å². The van der Waals surface area contributed by atoms with E-state index in [1.54, 1.807) is 18.2 Å². The van der Waals surface area contributed by atoms with Crippen molar-refractivity contribution in [1.82, 2.24) is 5.32 Å². The van der Waals surface area contributed by atoms with Crippen LogP contribution in [-0.2, 0) is 17.8 Å². The number of ether oxygens (including phenoxy) is 2. The number of carbonyl (C=O) groups excluding carboxylic acids is 1. The van der Waals surface area contributed by atoms with Gasteiger partial charge in [0.2, 0.25) is 5.91 Å². The van der Waals surface area contributed by atoms with E-state index >= 15 is 0 Å². The number of amides is 1. The van der Waals surface area contributed by atoms with Crippen LogP contribution in [-0.4, -0.2) is 18.6 Å². The molecular weight excluding hydrogens is 350 g/mol. The van der Waals surface area contributed by atoms with Crippen molar-refractivity contribution in [2.24, 2.45) is 0 Å². The molecule has 3 rings (SSSR count). The fourth-order valence-corrected chi connectivity index (χ4v) is 3.02. The van der Waals surface area contributed by atoms with E-state index in [1.807, 2.05) is 38.1 Å². The topological polar surface area (TPSA) is 47.6 Å². The number of carbonyl (C=O) groups is 1. The Bertz CT molecular complexity index is 815. The maximum absolute atomic E-state index is 12.1. The SMILES string of the molecule is CCOc1cc2c(cc1CNC(=O)/C=C/c1ccc(Cl)cc1)O[C@H](C)C2. The molecular formula is C21H22ClNO3. The molecule has 0 fully saturated rings. The van der Waals surface area contributed by atoms with Gasteiger partial charge in [-0.15, -0.1) is 0 Å². The molecule has 1 aliphatic heterocycles. The molecule has 0 saturated heterocycles. The first-order valence-corrected chi connectivity index (χ1v) is 9.09. The summed E-state index contributed by atoms with van der Waals surface area (Å²) < 4.78 is 11.5. The Balaban J connectivity index is 1.66. The maximum Gasteiger partial charge on any atom is 0.244 e. The zero-order chi connectivity index (χ0) is 18.5. The first-order chi connectivity index (χ1) is 12.5. The van der Waals surface area contributed by atoms with E-state index in [0.29, 0.717) is 18.2 Å². The van der Waals surface area contributed by atoms with Crippen molar-refractivity contribution in [2.75, 3.05) is 6.61 Å². The molecule has 136 valence electrons. The number of hydrogen-bond donors (Lipinski definition) is 1. The Labute approximate surface area is 158 Å². The molecule has 1 heterocycles. The van der Waals surface area contributed by atoms with Crippen molar-refractivity contribution in [2.45, 2.75) is 32.9 Å². The van der Waals surface area contributed by atoms with Gasteiger partial charge in [0, 0.05) is 35.2 Å². The Morgan fingerprint density at radius 2 is 2.12 bits per heavy atom. The van der Waals surface area contributed by atoms with E-state index in [-0.39, 0.29) is 12.0 Å². The smallest absolute Gasteiger partial charge is 0.244 e. The highest BCUT2D eigenvalue weighted by molar-refractivity contribution is 6.30. The number of halogens is 1. The fraction of sp³-hybridized carbons (Fsp3) is 0.286. The Hall–Kier alpha value is -2.46. The zero-order valence-corrected chi connectivity index (χ0v) is 15.7. The molecule has 0 bridgehead atoms. The van der Waals surface area contributed by atoms with Gasteiger partial charge in [0.15, 0.2) is 0 Å². The summed E-state index contributed by atoms with van der Waals surface area (Å²) in [6, 6.07) is 11.3. The molecule has 4 nitrogen and oxygen atoms in total. The quantitative estimate of drug-likeness (QED) is 0.766. The minimum absolute atomic E-state index is 0.169. The minimum atomic E-state index is -0.169. The molecule has 0 aliphatic carbocycles. The van der Waals surface area contributed by atoms with Gasteiger partial charge < -0.3 is 14.8 Å². The second kappa shape index (κ2) is 8.28. The standard InChI is InChI=1S/C21H22ClNO3/c1-3-25-19-11-16-10-14(2)26-20(16)12-17(19)13-23-21(24)9-6-15-4-7-18(22)8-5-15/h4-9,11-12,14H,3,10,13H2,1-2H3,(H,23,24)/b9-6+/t14-/m1/s1. The predicted octanol–water partition coefficient (Wildman–Crippen LogP) is 4.39. The summed E-state index contributed by atoms with van der Waals surface area (Å²) in [5, 5.41) is 3.56. The highest BCUT2D eigenvalue weighted by Crippen LogP contribution is 2.35. The van der Waals surface area contributed by atoms with Crippen molar-refractivity contribution in [1.29, 1.82) is 0 Å². The van der Waals surface area contributed by atoms with E-state index in [2.05, 4.69) is 5.32 Å². The molecule has 0 unspecified atom stereocenters. The fourth-order valence-electron chi connectivity index (χ4n) is 2.90. The van der Waals surface area contributed by atoms with Gasteiger partial charge in [-0.05, 0) is 49.8 Å². The molecule has 2 aromatic carbocycles. The number of hydrogen-bond acceptors (Lipinski definition) is 3. The molecule has 0 radical (unpaired) electrons. The summed E-state index contributed by atoms with van der Waals surface area (Å²) in [5.74, 6) is 1.50. The van der Waals surface area contributed by atoms with Crippen molar-refractivity contribution in [3.63, 3.8) is 0 Å². The molecule has 0 saturated carbocycles. The molecule has 5 heteroatoms. The number of benzene rings is 2. The molecule has 26 heavy (non-hydrogen) atoms. The molecule has 0 aromatic heterocycles. The third-order valence-electron chi connectivity index (χ3n) is 4.13. The molecule has 1 atom stereocenters. The van der Waals surface area contributed by atoms with Crippen LogP contribution < -0.4 is 14.8 Å². The van der Waals surface area contributed by atoms with Crippen LogP contribution in [0.15, 0.2) is 42.5 Å². The van der Waals surface area contributed by atoms with Crippen LogP contribution in [0.2, 0.25) is 5.02 Å². The van der Waals surface area contributed by atoms with Gasteiger partial charge in [-0.1, -0.05) is 23.7 Å². The predicted molar refractivity (Wildman–Crippen MR) is 104 cm³/mol. The van der Waals surface area contributed by atoms with Crippen LogP contribution in [0.25, 0.3) is 6.08 Å². The van der Waals surface area contributed by atoms with Crippen molar-refractivity contribution >= 4 is 23.6 Å². The van der Waals surface area contributed by atoms with Crippen molar-refractivity contribution < 1.29 is 14.3 Å². The molecule has 1 aliphatic rings. The van der Waals surface area contributed by atoms with Gasteiger partial charge in [0.25, 0.3) is 0 Å². The summed E-state index contributed by atoms with van der Waals surface area (Å²) in [6.07, 6.45) is 4.32. The average molecular weight is 372 g/mol. The summed E-state index contributed by atoms with van der Waals surface area (Å²) in [6.45, 7) is 4.95. The van der Waals surface area contributed by atoms with Gasteiger partial charge in [-0.25, -0.2) is 0 Å². The lowest BCUT2D eigenvalue weighted by Gasteiger charge is -2.13. The summed E-state index contributed by atoms with van der Waals surface area (Å²) >= 11 is 5.86. The van der Waals surface area contributed by atoms with E-state index in [0.717, 1.165) is 34.6 Å². The van der Waals surface area contributed by atoms with Crippen LogP contribution in [0.1, 0.15) is 30.5 Å². The lowest BCUT2D eigenvalue weighted by atomic mass is 10.1. The number of nitrogens with one attached hydrogen (secondary N) is 1. The largest absolute Gasteiger partial charge is 0.494 e. The first kappa shape index (κ1) is 18.3. The zero-order valence-electron chi connectivity index (χ0n) is 14.9. The van der Waals surface area contributed by atoms with Crippen LogP contribution in [0.5, 0.6) is 11.5 Å². The Morgan fingerprint density at radius 1 is 1.35 bits per heavy atom. The third-order valence-corrected chi connectivity index (χ3v) is 4.38. The third kappa shape index (κ3) is 4.58. The normalized spacial score (nSPS) is 15.6. The first-order valence-electron chi connectivity index (χ1n) is 8.72. The van der Waals surface area contributed by atoms with Crippen molar-refractivity contribution in [3.8, 4) is 11.5 Å². The van der Waals surface area contributed by atoms with E-state index in [1.165, 1.54) is 6.08 Å². The van der Waals surface area contributed by atoms with Crippen molar-refractivity contribution in [3.05, 3.63) is 64.2 Å². The summed E-state index contributed by atoms with van der Waals surface area (Å²) in [4.78, 5) is 12.1. The van der Waals surface area contributed by atoms with E-state index in [9.17, 15) is 4.79 Å². The highest BCUT2D eigenvalue weighted by Gasteiger charge is 2.21. The maximum atomic E-state index is 12.1. The molecule has 1 N–H and O–H groups in total. The van der Waals surface area contributed by atoms with Gasteiger partial charge in [0.1, 0.15) is 17.6 Å². The summed E-state index contributed by atoms with van der Waals surface area (Å²) in [7, 11) is 0. The van der Waals surface area contributed by atoms with Crippen LogP contribution in [0.3, 0.4) is 0 Å². The van der Waals surface area contributed by atoms with Crippen LogP contribution in [0, 0.1) is 0 Å². The van der Waals surface area contributed by atoms with Gasteiger partial charge in [0.05, 0.1) is 6.61 Å². The molecule has 1 amide bonds. The van der Waals surface area contributed by atoms with E-state index in [4.69, 9.17) is 21.1 Å². The van der Waals surface area contributed by atoms with Gasteiger partial charge in [-0.3, -0.25) is 4.79 Å². The van der Waals surface area contributed by atoms with E-state index < -0.39 is 0 Å².